The molecule has 1 aliphatic heterocycles. The number of nitrogens with zero attached hydrogens (tertiary/aromatic N) is 2. The van der Waals surface area contributed by atoms with Crippen LogP contribution in [-0.4, -0.2) is 30.1 Å². The number of likely N-dealkylation sites (N-methyl/N-ethyl adjacent to an activating group) is 1. The Morgan fingerprint density at radius 1 is 1.75 bits per heavy atom. The fourth-order valence-corrected chi connectivity index (χ4v) is 1.85. The Kier molecular flexibility index (Phi) is 2.93. The van der Waals surface area contributed by atoms with Gasteiger partial charge in [-0.1, -0.05) is 6.92 Å². The van der Waals surface area contributed by atoms with E-state index in [2.05, 4.69) is 24.1 Å². The van der Waals surface area contributed by atoms with Crippen LogP contribution in [0.2, 0.25) is 0 Å². The number of rotatable bonds is 2. The molecule has 12 heavy (non-hydrogen) atoms. The third kappa shape index (κ3) is 2.12. The fourth-order valence-electron chi connectivity index (χ4n) is 1.85. The van der Waals surface area contributed by atoms with E-state index in [-0.39, 0.29) is 6.97 Å². The molecule has 1 atom stereocenters. The lowest BCUT2D eigenvalue weighted by molar-refractivity contribution is 0.151. The third-order valence-electron chi connectivity index (χ3n) is 2.58. The molecule has 1 aliphatic rings. The van der Waals surface area contributed by atoms with Crippen LogP contribution in [0.4, 0.5) is 0 Å². The molecule has 1 heterocycles. The molecule has 0 radical (unpaired) electrons. The molecule has 1 saturated heterocycles. The first-order chi connectivity index (χ1) is 5.70. The molecule has 0 aromatic heterocycles. The van der Waals surface area contributed by atoms with E-state index in [0.29, 0.717) is 0 Å². The molecule has 3 nitrogen and oxygen atoms in total. The van der Waals surface area contributed by atoms with Gasteiger partial charge < -0.3 is 10.2 Å². The van der Waals surface area contributed by atoms with Gasteiger partial charge in [0.1, 0.15) is 0 Å². The summed E-state index contributed by atoms with van der Waals surface area (Å²) < 4.78 is 0. The quantitative estimate of drug-likeness (QED) is 0.498. The van der Waals surface area contributed by atoms with Crippen LogP contribution in [0.1, 0.15) is 28.1 Å². The maximum Gasteiger partial charge on any atom is 0.177 e. The number of piperidine rings is 1. The lowest BCUT2D eigenvalue weighted by Gasteiger charge is -2.39. The van der Waals surface area contributed by atoms with Gasteiger partial charge in [0.25, 0.3) is 0 Å². The number of nitrogens with one attached hydrogen (secondary N) is 1. The second-order valence-corrected chi connectivity index (χ2v) is 3.77. The molecule has 1 rings (SSSR count). The second kappa shape index (κ2) is 3.77. The van der Waals surface area contributed by atoms with Crippen molar-refractivity contribution < 1.29 is 1.43 Å². The smallest absolute Gasteiger partial charge is 0.177 e. The lowest BCUT2D eigenvalue weighted by atomic mass is 9.91. The van der Waals surface area contributed by atoms with Gasteiger partial charge in [0.15, 0.2) is 6.19 Å². The molecule has 3 heteroatoms. The van der Waals surface area contributed by atoms with E-state index in [4.69, 9.17) is 5.26 Å². The van der Waals surface area contributed by atoms with E-state index in [9.17, 15) is 0 Å². The molecule has 1 fully saturated rings. The van der Waals surface area contributed by atoms with Gasteiger partial charge >= 0.3 is 0 Å². The summed E-state index contributed by atoms with van der Waals surface area (Å²) in [6, 6.07) is 0. The normalized spacial score (nSPS) is 31.1. The molecule has 0 amide bonds. The zero-order valence-electron chi connectivity index (χ0n) is 7.93. The van der Waals surface area contributed by atoms with E-state index in [1.807, 2.05) is 6.19 Å². The van der Waals surface area contributed by atoms with Crippen molar-refractivity contribution in [1.82, 2.24) is 10.2 Å². The molecule has 0 aromatic carbocycles. The number of nitriles is 1. The van der Waals surface area contributed by atoms with Crippen LogP contribution < -0.4 is 5.32 Å². The van der Waals surface area contributed by atoms with Gasteiger partial charge in [-0.05, 0) is 32.9 Å². The van der Waals surface area contributed by atoms with E-state index in [0.717, 1.165) is 19.5 Å². The van der Waals surface area contributed by atoms with Gasteiger partial charge in [-0.15, -0.1) is 0 Å². The predicted octanol–water partition coefficient (Wildman–Crippen LogP) is 1.18. The average Bonchev–Trinajstić information content (AvgIpc) is 2.04. The Balaban J connectivity index is 0.00000144. The van der Waals surface area contributed by atoms with Crippen molar-refractivity contribution in [3.05, 3.63) is 0 Å². The molecule has 1 N–H and O–H groups in total. The lowest BCUT2D eigenvalue weighted by Crippen LogP contribution is -2.53. The summed E-state index contributed by atoms with van der Waals surface area (Å²) in [5, 5.41) is 11.5. The molecule has 0 aliphatic carbocycles. The number of hydrogen-bond acceptors (Lipinski definition) is 3. The largest absolute Gasteiger partial charge is 0.317 e. The second-order valence-electron chi connectivity index (χ2n) is 3.77. The summed E-state index contributed by atoms with van der Waals surface area (Å²) in [6.07, 6.45) is 4.35. The van der Waals surface area contributed by atoms with Crippen LogP contribution in [0.5, 0.6) is 0 Å². The Morgan fingerprint density at radius 3 is 3.08 bits per heavy atom. The molecular formula is C9H19N3. The minimum Gasteiger partial charge on any atom is -0.317 e. The highest BCUT2D eigenvalue weighted by atomic mass is 15.2. The Labute approximate surface area is 75.8 Å². The highest BCUT2D eigenvalue weighted by Crippen LogP contribution is 2.19. The first-order valence-electron chi connectivity index (χ1n) is 4.59. The summed E-state index contributed by atoms with van der Waals surface area (Å²) in [5.74, 6) is 0. The first kappa shape index (κ1) is 9.34. The van der Waals surface area contributed by atoms with Crippen LogP contribution in [0, 0.1) is 11.5 Å². The molecule has 0 saturated carbocycles. The van der Waals surface area contributed by atoms with Gasteiger partial charge in [-0.25, -0.2) is 0 Å². The zero-order valence-corrected chi connectivity index (χ0v) is 7.93. The minimum absolute atomic E-state index is 0. The van der Waals surface area contributed by atoms with Crippen molar-refractivity contribution in [3.63, 3.8) is 0 Å². The Bertz CT molecular complexity index is 190. The van der Waals surface area contributed by atoms with Crippen LogP contribution >= 0.6 is 0 Å². The van der Waals surface area contributed by atoms with E-state index < -0.39 is 0 Å². The molecule has 0 aromatic rings. The van der Waals surface area contributed by atoms with Crippen LogP contribution in [-0.2, 0) is 0 Å². The number of hydrogen-bond donors (Lipinski definition) is 1. The van der Waals surface area contributed by atoms with Crippen LogP contribution in [0.15, 0.2) is 0 Å². The van der Waals surface area contributed by atoms with Crippen molar-refractivity contribution in [2.24, 2.45) is 0 Å². The minimum atomic E-state index is 0. The van der Waals surface area contributed by atoms with Crippen molar-refractivity contribution in [1.29, 1.82) is 5.26 Å². The highest BCUT2D eigenvalue weighted by molar-refractivity contribution is 4.94. The van der Waals surface area contributed by atoms with Crippen molar-refractivity contribution >= 4 is 0 Å². The van der Waals surface area contributed by atoms with Gasteiger partial charge in [0.05, 0.1) is 5.54 Å². The monoisotopic (exact) mass is 169 g/mol. The maximum absolute atomic E-state index is 8.56. The summed E-state index contributed by atoms with van der Waals surface area (Å²) in [7, 11) is 0. The molecule has 1 unspecified atom stereocenters. The van der Waals surface area contributed by atoms with E-state index in [1.165, 1.54) is 13.0 Å². The summed E-state index contributed by atoms with van der Waals surface area (Å²) in [6.45, 7) is 7.55. The van der Waals surface area contributed by atoms with Gasteiger partial charge in [0.2, 0.25) is 0 Å². The molecule has 70 valence electrons. The van der Waals surface area contributed by atoms with E-state index >= 15 is 0 Å². The van der Waals surface area contributed by atoms with Crippen molar-refractivity contribution in [3.8, 4) is 6.19 Å². The SMILES string of the molecule is CCN1CCCC(C)(NC#N)C1.[HH]. The van der Waals surface area contributed by atoms with Crippen molar-refractivity contribution in [2.45, 2.75) is 32.2 Å². The summed E-state index contributed by atoms with van der Waals surface area (Å²) >= 11 is 0. The summed E-state index contributed by atoms with van der Waals surface area (Å²) in [4.78, 5) is 2.38. The predicted molar refractivity (Wildman–Crippen MR) is 50.6 cm³/mol. The zero-order chi connectivity index (χ0) is 9.03. The average molecular weight is 169 g/mol. The van der Waals surface area contributed by atoms with Crippen LogP contribution in [0.3, 0.4) is 0 Å². The van der Waals surface area contributed by atoms with Gasteiger partial charge in [-0.2, -0.15) is 5.26 Å². The third-order valence-corrected chi connectivity index (χ3v) is 2.58. The maximum atomic E-state index is 8.56. The Hall–Kier alpha value is -0.750. The standard InChI is InChI=1S/C9H17N3.H2/c1-3-12-6-4-5-9(2,7-12)11-8-10;/h11H,3-7H2,1-2H3;1H. The molecular weight excluding hydrogens is 150 g/mol. The first-order valence-corrected chi connectivity index (χ1v) is 4.59. The number of likely N-dealkylation sites (tertiary alicyclic amines) is 1. The Morgan fingerprint density at radius 2 is 2.50 bits per heavy atom. The van der Waals surface area contributed by atoms with Gasteiger partial charge in [-0.3, -0.25) is 0 Å². The summed E-state index contributed by atoms with van der Waals surface area (Å²) in [5.41, 5.74) is 0.0169. The molecule has 0 spiro atoms. The van der Waals surface area contributed by atoms with E-state index in [1.54, 1.807) is 0 Å². The van der Waals surface area contributed by atoms with Crippen molar-refractivity contribution in [2.75, 3.05) is 19.6 Å². The van der Waals surface area contributed by atoms with Crippen LogP contribution in [0.25, 0.3) is 0 Å². The topological polar surface area (TPSA) is 39.1 Å². The van der Waals surface area contributed by atoms with Gasteiger partial charge in [0, 0.05) is 7.97 Å². The molecule has 0 bridgehead atoms. The fraction of sp³-hybridized carbons (Fsp3) is 0.889. The highest BCUT2D eigenvalue weighted by Gasteiger charge is 2.29.